The molecule has 0 aliphatic rings. The molecule has 2 aromatic rings. The van der Waals surface area contributed by atoms with Crippen LogP contribution in [-0.2, 0) is 11.0 Å². The lowest BCUT2D eigenvalue weighted by atomic mass is 10.2. The number of hydrogen-bond donors (Lipinski definition) is 1. The third-order valence-electron chi connectivity index (χ3n) is 3.47. The zero-order chi connectivity index (χ0) is 19.5. The van der Waals surface area contributed by atoms with Gasteiger partial charge in [-0.3, -0.25) is 4.84 Å². The minimum absolute atomic E-state index is 0.0403. The Kier molecular flexibility index (Phi) is 5.63. The molecule has 0 aliphatic carbocycles. The van der Waals surface area contributed by atoms with Crippen LogP contribution in [-0.4, -0.2) is 33.1 Å². The van der Waals surface area contributed by atoms with E-state index in [1.807, 2.05) is 0 Å². The van der Waals surface area contributed by atoms with Crippen LogP contribution >= 0.6 is 0 Å². The molecule has 2 aromatic heterocycles. The van der Waals surface area contributed by atoms with Gasteiger partial charge in [-0.1, -0.05) is 5.16 Å². The van der Waals surface area contributed by atoms with Crippen LogP contribution in [0.25, 0.3) is 5.82 Å². The fraction of sp³-hybridized carbons (Fsp3) is 0.375. The summed E-state index contributed by atoms with van der Waals surface area (Å²) in [7, 11) is 0. The lowest BCUT2D eigenvalue weighted by Crippen LogP contribution is -2.22. The van der Waals surface area contributed by atoms with Crippen LogP contribution in [0.4, 0.5) is 18.0 Å². The van der Waals surface area contributed by atoms with Crippen LogP contribution in [0.15, 0.2) is 23.5 Å². The number of carbonyl (C=O) groups excluding carboxylic acids is 1. The monoisotopic (exact) mass is 369 g/mol. The first-order valence-electron chi connectivity index (χ1n) is 7.74. The molecule has 26 heavy (non-hydrogen) atoms. The van der Waals surface area contributed by atoms with Crippen LogP contribution in [0.1, 0.15) is 36.4 Å². The van der Waals surface area contributed by atoms with Crippen LogP contribution < -0.4 is 5.32 Å². The molecule has 0 bridgehead atoms. The molecular weight excluding hydrogens is 351 g/mol. The van der Waals surface area contributed by atoms with Crippen molar-refractivity contribution in [2.75, 3.05) is 6.54 Å². The molecule has 0 aromatic carbocycles. The molecule has 1 N–H and O–H groups in total. The summed E-state index contributed by atoms with van der Waals surface area (Å²) >= 11 is 0. The molecule has 0 radical (unpaired) electrons. The zero-order valence-electron chi connectivity index (χ0n) is 14.7. The van der Waals surface area contributed by atoms with Crippen LogP contribution in [0.3, 0.4) is 0 Å². The minimum Gasteiger partial charge on any atom is -0.320 e. The number of hydrogen-bond acceptors (Lipinski definition) is 5. The molecule has 0 saturated carbocycles. The predicted octanol–water partition coefficient (Wildman–Crippen LogP) is 3.37. The molecule has 7 nitrogen and oxygen atoms in total. The summed E-state index contributed by atoms with van der Waals surface area (Å²) in [5, 5.41) is 10.2. The van der Waals surface area contributed by atoms with Gasteiger partial charge in [0.25, 0.3) is 0 Å². The second kappa shape index (κ2) is 7.54. The van der Waals surface area contributed by atoms with Gasteiger partial charge in [-0.05, 0) is 39.8 Å². The highest BCUT2D eigenvalue weighted by molar-refractivity contribution is 5.99. The van der Waals surface area contributed by atoms with E-state index in [4.69, 9.17) is 0 Å². The Morgan fingerprint density at radius 1 is 1.35 bits per heavy atom. The van der Waals surface area contributed by atoms with Crippen molar-refractivity contribution in [2.45, 2.75) is 33.9 Å². The average molecular weight is 369 g/mol. The fourth-order valence-corrected chi connectivity index (χ4v) is 2.25. The first-order chi connectivity index (χ1) is 12.1. The van der Waals surface area contributed by atoms with Crippen LogP contribution in [0, 0.1) is 13.8 Å². The predicted molar refractivity (Wildman–Crippen MR) is 88.2 cm³/mol. The van der Waals surface area contributed by atoms with Crippen molar-refractivity contribution in [2.24, 2.45) is 5.16 Å². The van der Waals surface area contributed by atoms with Crippen molar-refractivity contribution in [1.29, 1.82) is 0 Å². The number of pyridine rings is 1. The maximum absolute atomic E-state index is 13.0. The van der Waals surface area contributed by atoms with Crippen molar-refractivity contribution in [3.63, 3.8) is 0 Å². The summed E-state index contributed by atoms with van der Waals surface area (Å²) < 4.78 is 40.3. The number of oxime groups is 1. The van der Waals surface area contributed by atoms with E-state index < -0.39 is 17.8 Å². The maximum Gasteiger partial charge on any atom is 0.433 e. The summed E-state index contributed by atoms with van der Waals surface area (Å²) in [5.41, 5.74) is 0.796. The van der Waals surface area contributed by atoms with Crippen molar-refractivity contribution < 1.29 is 22.8 Å². The second-order valence-corrected chi connectivity index (χ2v) is 5.49. The molecule has 2 rings (SSSR count). The molecular formula is C16H18F3N5O2. The highest BCUT2D eigenvalue weighted by Gasteiger charge is 2.31. The Hall–Kier alpha value is -2.91. The Balaban J connectivity index is 2.36. The SMILES string of the molecule is CCNC(=O)O/N=C(\C)c1cnn(-c2cc(C(F)(F)F)cc(C)n2)c1C. The first kappa shape index (κ1) is 19.4. The number of nitrogens with one attached hydrogen (secondary N) is 1. The summed E-state index contributed by atoms with van der Waals surface area (Å²) in [6.07, 6.45) is -3.76. The lowest BCUT2D eigenvalue weighted by molar-refractivity contribution is -0.137. The van der Waals surface area contributed by atoms with Gasteiger partial charge in [0, 0.05) is 17.8 Å². The molecule has 2 heterocycles. The Morgan fingerprint density at radius 3 is 2.65 bits per heavy atom. The number of nitrogens with zero attached hydrogens (tertiary/aromatic N) is 4. The van der Waals surface area contributed by atoms with E-state index in [1.54, 1.807) is 20.8 Å². The highest BCUT2D eigenvalue weighted by Crippen LogP contribution is 2.30. The van der Waals surface area contributed by atoms with E-state index in [2.05, 4.69) is 25.4 Å². The number of aryl methyl sites for hydroxylation is 1. The number of aromatic nitrogens is 3. The normalized spacial score (nSPS) is 12.2. The largest absolute Gasteiger partial charge is 0.433 e. The van der Waals surface area contributed by atoms with Crippen LogP contribution in [0.5, 0.6) is 0 Å². The van der Waals surface area contributed by atoms with Gasteiger partial charge in [0.1, 0.15) is 0 Å². The fourth-order valence-electron chi connectivity index (χ4n) is 2.25. The van der Waals surface area contributed by atoms with Crippen molar-refractivity contribution in [3.05, 3.63) is 40.8 Å². The van der Waals surface area contributed by atoms with Gasteiger partial charge in [0.05, 0.1) is 23.2 Å². The average Bonchev–Trinajstić information content (AvgIpc) is 2.93. The maximum atomic E-state index is 13.0. The smallest absolute Gasteiger partial charge is 0.320 e. The van der Waals surface area contributed by atoms with Crippen molar-refractivity contribution in [1.82, 2.24) is 20.1 Å². The summed E-state index contributed by atoms with van der Waals surface area (Å²) in [6, 6.07) is 1.89. The highest BCUT2D eigenvalue weighted by atomic mass is 19.4. The summed E-state index contributed by atoms with van der Waals surface area (Å²) in [4.78, 5) is 20.1. The van der Waals surface area contributed by atoms with E-state index in [0.717, 1.165) is 12.1 Å². The molecule has 0 atom stereocenters. The van der Waals surface area contributed by atoms with Gasteiger partial charge < -0.3 is 5.32 Å². The van der Waals surface area contributed by atoms with Gasteiger partial charge in [-0.25, -0.2) is 14.5 Å². The van der Waals surface area contributed by atoms with Crippen molar-refractivity contribution >= 4 is 11.8 Å². The molecule has 10 heteroatoms. The summed E-state index contributed by atoms with van der Waals surface area (Å²) in [5.74, 6) is 0.0403. The first-order valence-corrected chi connectivity index (χ1v) is 7.74. The molecule has 0 saturated heterocycles. The Morgan fingerprint density at radius 2 is 2.04 bits per heavy atom. The third kappa shape index (κ3) is 4.38. The van der Waals surface area contributed by atoms with Gasteiger partial charge in [0.15, 0.2) is 5.82 Å². The van der Waals surface area contributed by atoms with Gasteiger partial charge >= 0.3 is 12.3 Å². The standard InChI is InChI=1S/C16H18F3N5O2/c1-5-20-15(25)26-23-10(3)13-8-21-24(11(13)4)14-7-12(16(17,18)19)6-9(2)22-14/h6-8H,5H2,1-4H3,(H,20,25)/b23-10+. The number of amides is 1. The van der Waals surface area contributed by atoms with Crippen molar-refractivity contribution in [3.8, 4) is 5.82 Å². The van der Waals surface area contributed by atoms with Gasteiger partial charge in [0.2, 0.25) is 0 Å². The molecule has 1 amide bonds. The topological polar surface area (TPSA) is 81.4 Å². The number of carbonyl (C=O) groups is 1. The molecule has 0 aliphatic heterocycles. The van der Waals surface area contributed by atoms with E-state index in [1.165, 1.54) is 17.8 Å². The summed E-state index contributed by atoms with van der Waals surface area (Å²) in [6.45, 7) is 6.86. The van der Waals surface area contributed by atoms with E-state index in [-0.39, 0.29) is 11.5 Å². The molecule has 0 unspecified atom stereocenters. The minimum atomic E-state index is -4.48. The quantitative estimate of drug-likeness (QED) is 0.509. The van der Waals surface area contributed by atoms with Gasteiger partial charge in [-0.15, -0.1) is 0 Å². The third-order valence-corrected chi connectivity index (χ3v) is 3.47. The van der Waals surface area contributed by atoms with Crippen LogP contribution in [0.2, 0.25) is 0 Å². The number of alkyl halides is 3. The number of rotatable bonds is 4. The molecule has 0 spiro atoms. The zero-order valence-corrected chi connectivity index (χ0v) is 14.7. The van der Waals surface area contributed by atoms with E-state index in [9.17, 15) is 18.0 Å². The number of halogens is 3. The van der Waals surface area contributed by atoms with Gasteiger partial charge in [-0.2, -0.15) is 18.3 Å². The Bertz CT molecular complexity index is 843. The van der Waals surface area contributed by atoms with E-state index in [0.29, 0.717) is 23.5 Å². The van der Waals surface area contributed by atoms with E-state index >= 15 is 0 Å². The Labute approximate surface area is 147 Å². The molecule has 0 fully saturated rings. The lowest BCUT2D eigenvalue weighted by Gasteiger charge is -2.11. The second-order valence-electron chi connectivity index (χ2n) is 5.49. The molecule has 140 valence electrons.